The van der Waals surface area contributed by atoms with Gasteiger partial charge in [0.15, 0.2) is 10.9 Å². The number of aryl methyl sites for hydroxylation is 1. The molecule has 0 fully saturated rings. The van der Waals surface area contributed by atoms with Crippen molar-refractivity contribution in [2.45, 2.75) is 31.5 Å². The number of ketones is 1. The molecule has 0 bridgehead atoms. The molecule has 0 aliphatic heterocycles. The fourth-order valence-electron chi connectivity index (χ4n) is 2.40. The Morgan fingerprint density at radius 2 is 2.00 bits per heavy atom. The van der Waals surface area contributed by atoms with Crippen molar-refractivity contribution < 1.29 is 19.1 Å². The Bertz CT molecular complexity index is 791. The number of aromatic nitrogens is 3. The Balaban J connectivity index is 2.09. The van der Waals surface area contributed by atoms with Crippen LogP contribution in [0.25, 0.3) is 0 Å². The first-order valence-electron chi connectivity index (χ1n) is 8.08. The van der Waals surface area contributed by atoms with Gasteiger partial charge in [-0.3, -0.25) is 9.59 Å². The van der Waals surface area contributed by atoms with Gasteiger partial charge in [-0.2, -0.15) is 0 Å². The van der Waals surface area contributed by atoms with Gasteiger partial charge in [-0.25, -0.2) is 0 Å². The molecule has 0 atom stereocenters. The fourth-order valence-corrected chi connectivity index (χ4v) is 3.30. The molecular weight excluding hydrogens is 356 g/mol. The molecule has 1 amide bonds. The summed E-state index contributed by atoms with van der Waals surface area (Å²) in [6, 6.07) is 5.08. The van der Waals surface area contributed by atoms with Crippen LogP contribution in [0.5, 0.6) is 11.5 Å². The van der Waals surface area contributed by atoms with Crippen LogP contribution >= 0.6 is 11.8 Å². The number of methoxy groups -OCH3 is 2. The maximum atomic E-state index is 12.6. The van der Waals surface area contributed by atoms with E-state index in [1.165, 1.54) is 18.9 Å². The molecule has 1 heterocycles. The van der Waals surface area contributed by atoms with Crippen molar-refractivity contribution in [2.75, 3.05) is 20.0 Å². The molecule has 0 saturated heterocycles. The number of nitrogens with two attached hydrogens (primary N) is 1. The lowest BCUT2D eigenvalue weighted by atomic mass is 10.1. The van der Waals surface area contributed by atoms with Crippen LogP contribution in [0, 0.1) is 0 Å². The van der Waals surface area contributed by atoms with Crippen LogP contribution in [0.1, 0.15) is 29.5 Å². The molecule has 0 unspecified atom stereocenters. The van der Waals surface area contributed by atoms with Crippen molar-refractivity contribution in [2.24, 2.45) is 5.73 Å². The number of ether oxygens (including phenoxy) is 2. The van der Waals surface area contributed by atoms with Gasteiger partial charge in [0.2, 0.25) is 5.91 Å². The molecule has 140 valence electrons. The van der Waals surface area contributed by atoms with Gasteiger partial charge >= 0.3 is 0 Å². The fraction of sp³-hybridized carbons (Fsp3) is 0.412. The molecular formula is C17H22N4O4S. The molecule has 0 aliphatic carbocycles. The van der Waals surface area contributed by atoms with Gasteiger partial charge in [0.25, 0.3) is 0 Å². The third-order valence-electron chi connectivity index (χ3n) is 3.75. The first-order chi connectivity index (χ1) is 12.5. The number of Topliss-reactive ketones (excluding diaryl/α,β-unsaturated/α-hetero) is 1. The Kier molecular flexibility index (Phi) is 7.02. The largest absolute Gasteiger partial charge is 0.497 e. The van der Waals surface area contributed by atoms with E-state index in [0.29, 0.717) is 41.0 Å². The van der Waals surface area contributed by atoms with Gasteiger partial charge in [0, 0.05) is 25.5 Å². The van der Waals surface area contributed by atoms with Crippen molar-refractivity contribution in [3.8, 4) is 11.5 Å². The molecule has 0 saturated carbocycles. The number of amides is 1. The van der Waals surface area contributed by atoms with Crippen molar-refractivity contribution in [1.29, 1.82) is 0 Å². The number of hydrogen-bond acceptors (Lipinski definition) is 7. The number of carbonyl (C=O) groups is 2. The van der Waals surface area contributed by atoms with Crippen LogP contribution in [-0.2, 0) is 17.8 Å². The van der Waals surface area contributed by atoms with Crippen molar-refractivity contribution in [3.05, 3.63) is 29.6 Å². The SMILES string of the molecule is CCn1c(CCC(N)=O)nnc1SCC(=O)c1ccc(OC)cc1OC. The molecule has 0 aliphatic rings. The van der Waals surface area contributed by atoms with Crippen LogP contribution in [-0.4, -0.2) is 46.4 Å². The predicted molar refractivity (Wildman–Crippen MR) is 97.8 cm³/mol. The minimum Gasteiger partial charge on any atom is -0.497 e. The van der Waals surface area contributed by atoms with E-state index < -0.39 is 0 Å². The Labute approximate surface area is 156 Å². The summed E-state index contributed by atoms with van der Waals surface area (Å²) < 4.78 is 12.3. The molecule has 2 N–H and O–H groups in total. The molecule has 2 rings (SSSR count). The summed E-state index contributed by atoms with van der Waals surface area (Å²) in [5.74, 6) is 1.50. The second-order valence-electron chi connectivity index (χ2n) is 5.39. The number of thioether (sulfide) groups is 1. The van der Waals surface area contributed by atoms with Gasteiger partial charge in [0.05, 0.1) is 25.5 Å². The highest BCUT2D eigenvalue weighted by molar-refractivity contribution is 7.99. The minimum atomic E-state index is -0.383. The summed E-state index contributed by atoms with van der Waals surface area (Å²) >= 11 is 1.30. The van der Waals surface area contributed by atoms with E-state index in [-0.39, 0.29) is 23.9 Å². The lowest BCUT2D eigenvalue weighted by Gasteiger charge is -2.10. The van der Waals surface area contributed by atoms with Gasteiger partial charge < -0.3 is 19.8 Å². The Hall–Kier alpha value is -2.55. The summed E-state index contributed by atoms with van der Waals surface area (Å²) in [7, 11) is 3.07. The van der Waals surface area contributed by atoms with Gasteiger partial charge in [-0.05, 0) is 19.1 Å². The number of hydrogen-bond donors (Lipinski definition) is 1. The zero-order chi connectivity index (χ0) is 19.1. The Morgan fingerprint density at radius 3 is 2.62 bits per heavy atom. The van der Waals surface area contributed by atoms with Crippen LogP contribution in [0.15, 0.2) is 23.4 Å². The molecule has 2 aromatic rings. The van der Waals surface area contributed by atoms with Gasteiger partial charge in [0.1, 0.15) is 17.3 Å². The van der Waals surface area contributed by atoms with E-state index in [9.17, 15) is 9.59 Å². The highest BCUT2D eigenvalue weighted by Crippen LogP contribution is 2.27. The highest BCUT2D eigenvalue weighted by atomic mass is 32.2. The maximum Gasteiger partial charge on any atom is 0.217 e. The van der Waals surface area contributed by atoms with E-state index in [0.717, 1.165) is 0 Å². The number of nitrogens with zero attached hydrogens (tertiary/aromatic N) is 3. The van der Waals surface area contributed by atoms with Crippen LogP contribution in [0.4, 0.5) is 0 Å². The summed E-state index contributed by atoms with van der Waals surface area (Å²) in [4.78, 5) is 23.5. The van der Waals surface area contributed by atoms with E-state index in [2.05, 4.69) is 10.2 Å². The van der Waals surface area contributed by atoms with E-state index in [1.807, 2.05) is 11.5 Å². The number of rotatable bonds is 10. The normalized spacial score (nSPS) is 10.6. The first kappa shape index (κ1) is 19.8. The van der Waals surface area contributed by atoms with E-state index in [4.69, 9.17) is 15.2 Å². The number of primary amides is 1. The zero-order valence-corrected chi connectivity index (χ0v) is 15.8. The topological polar surface area (TPSA) is 109 Å². The molecule has 0 radical (unpaired) electrons. The first-order valence-corrected chi connectivity index (χ1v) is 9.07. The Morgan fingerprint density at radius 1 is 1.23 bits per heavy atom. The second kappa shape index (κ2) is 9.23. The zero-order valence-electron chi connectivity index (χ0n) is 15.0. The predicted octanol–water partition coefficient (Wildman–Crippen LogP) is 1.71. The number of carbonyl (C=O) groups excluding carboxylic acids is 2. The summed E-state index contributed by atoms with van der Waals surface area (Å²) in [6.45, 7) is 2.60. The molecule has 8 nitrogen and oxygen atoms in total. The molecule has 1 aromatic carbocycles. The smallest absolute Gasteiger partial charge is 0.217 e. The average Bonchev–Trinajstić information content (AvgIpc) is 3.05. The van der Waals surface area contributed by atoms with E-state index in [1.54, 1.807) is 25.3 Å². The average molecular weight is 378 g/mol. The minimum absolute atomic E-state index is 0.0844. The van der Waals surface area contributed by atoms with Gasteiger partial charge in [-0.15, -0.1) is 10.2 Å². The molecule has 9 heteroatoms. The number of benzene rings is 1. The highest BCUT2D eigenvalue weighted by Gasteiger charge is 2.17. The quantitative estimate of drug-likeness (QED) is 0.495. The van der Waals surface area contributed by atoms with Crippen molar-refractivity contribution in [1.82, 2.24) is 14.8 Å². The molecule has 26 heavy (non-hydrogen) atoms. The van der Waals surface area contributed by atoms with E-state index >= 15 is 0 Å². The van der Waals surface area contributed by atoms with Crippen LogP contribution < -0.4 is 15.2 Å². The third kappa shape index (κ3) is 4.75. The lowest BCUT2D eigenvalue weighted by Crippen LogP contribution is -2.13. The van der Waals surface area contributed by atoms with Crippen molar-refractivity contribution >= 4 is 23.5 Å². The molecule has 0 spiro atoms. The monoisotopic (exact) mass is 378 g/mol. The summed E-state index contributed by atoms with van der Waals surface area (Å²) in [6.07, 6.45) is 0.641. The summed E-state index contributed by atoms with van der Waals surface area (Å²) in [5, 5.41) is 8.85. The summed E-state index contributed by atoms with van der Waals surface area (Å²) in [5.41, 5.74) is 5.67. The van der Waals surface area contributed by atoms with Gasteiger partial charge in [-0.1, -0.05) is 11.8 Å². The third-order valence-corrected chi connectivity index (χ3v) is 4.71. The lowest BCUT2D eigenvalue weighted by molar-refractivity contribution is -0.118. The van der Waals surface area contributed by atoms with Crippen molar-refractivity contribution in [3.63, 3.8) is 0 Å². The van der Waals surface area contributed by atoms with Crippen LogP contribution in [0.3, 0.4) is 0 Å². The van der Waals surface area contributed by atoms with Crippen LogP contribution in [0.2, 0.25) is 0 Å². The second-order valence-corrected chi connectivity index (χ2v) is 6.33. The maximum absolute atomic E-state index is 12.6. The molecule has 1 aromatic heterocycles. The standard InChI is InChI=1S/C17H22N4O4S/c1-4-21-16(8-7-15(18)23)19-20-17(21)26-10-13(22)12-6-5-11(24-2)9-14(12)25-3/h5-6,9H,4,7-8,10H2,1-3H3,(H2,18,23).